The van der Waals surface area contributed by atoms with E-state index in [-0.39, 0.29) is 17.4 Å². The molecule has 0 radical (unpaired) electrons. The van der Waals surface area contributed by atoms with Crippen LogP contribution in [0.15, 0.2) is 0 Å². The smallest absolute Gasteiger partial charge is 0.0963 e. The van der Waals surface area contributed by atoms with Gasteiger partial charge in [0, 0.05) is 12.0 Å². The van der Waals surface area contributed by atoms with Gasteiger partial charge in [-0.1, -0.05) is 27.7 Å². The van der Waals surface area contributed by atoms with Crippen molar-refractivity contribution in [3.05, 3.63) is 0 Å². The average Bonchev–Trinajstić information content (AvgIpc) is 2.03. The Morgan fingerprint density at radius 2 is 1.86 bits per heavy atom. The lowest BCUT2D eigenvalue weighted by atomic mass is 9.88. The first-order valence-corrected chi connectivity index (χ1v) is 5.23. The van der Waals surface area contributed by atoms with Crippen molar-refractivity contribution in [1.29, 1.82) is 5.41 Å². The third-order valence-electron chi connectivity index (χ3n) is 2.78. The van der Waals surface area contributed by atoms with E-state index in [0.717, 1.165) is 6.42 Å². The molecule has 0 aromatic carbocycles. The molecular weight excluding hydrogens is 176 g/mol. The van der Waals surface area contributed by atoms with Crippen molar-refractivity contribution in [3.8, 4) is 0 Å². The van der Waals surface area contributed by atoms with Crippen LogP contribution in [-0.4, -0.2) is 18.5 Å². The zero-order chi connectivity index (χ0) is 11.4. The number of hydrogen-bond acceptors (Lipinski definition) is 2. The Morgan fingerprint density at radius 1 is 1.36 bits per heavy atom. The molecule has 0 aliphatic heterocycles. The number of amidine groups is 1. The van der Waals surface area contributed by atoms with Crippen LogP contribution in [0.1, 0.15) is 41.0 Å². The Morgan fingerprint density at radius 3 is 2.21 bits per heavy atom. The second-order valence-electron chi connectivity index (χ2n) is 4.87. The van der Waals surface area contributed by atoms with E-state index in [4.69, 9.17) is 15.9 Å². The summed E-state index contributed by atoms with van der Waals surface area (Å²) >= 11 is 0. The van der Waals surface area contributed by atoms with Crippen LogP contribution in [0, 0.1) is 16.7 Å². The van der Waals surface area contributed by atoms with Crippen molar-refractivity contribution in [2.75, 3.05) is 6.61 Å². The van der Waals surface area contributed by atoms with Crippen LogP contribution in [-0.2, 0) is 4.74 Å². The van der Waals surface area contributed by atoms with Gasteiger partial charge in [-0.2, -0.15) is 0 Å². The van der Waals surface area contributed by atoms with Gasteiger partial charge >= 0.3 is 0 Å². The maximum atomic E-state index is 7.39. The Balaban J connectivity index is 3.79. The molecule has 0 aliphatic rings. The number of ether oxygens (including phenoxy) is 1. The van der Waals surface area contributed by atoms with Crippen molar-refractivity contribution >= 4 is 5.84 Å². The van der Waals surface area contributed by atoms with E-state index in [1.807, 2.05) is 13.8 Å². The number of hydrogen-bond donors (Lipinski definition) is 2. The molecule has 0 spiro atoms. The highest BCUT2D eigenvalue weighted by atomic mass is 16.5. The topological polar surface area (TPSA) is 59.1 Å². The van der Waals surface area contributed by atoms with E-state index < -0.39 is 0 Å². The molecule has 3 nitrogen and oxygen atoms in total. The van der Waals surface area contributed by atoms with Gasteiger partial charge in [-0.15, -0.1) is 0 Å². The van der Waals surface area contributed by atoms with Gasteiger partial charge in [0.05, 0.1) is 11.9 Å². The van der Waals surface area contributed by atoms with Gasteiger partial charge in [-0.3, -0.25) is 5.41 Å². The number of rotatable bonds is 6. The molecule has 0 saturated heterocycles. The summed E-state index contributed by atoms with van der Waals surface area (Å²) in [6.07, 6.45) is 1.08. The van der Waals surface area contributed by atoms with E-state index in [1.54, 1.807) is 0 Å². The summed E-state index contributed by atoms with van der Waals surface area (Å²) in [5, 5.41) is 7.39. The van der Waals surface area contributed by atoms with Gasteiger partial charge in [-0.05, 0) is 19.3 Å². The largest absolute Gasteiger partial charge is 0.387 e. The van der Waals surface area contributed by atoms with E-state index in [2.05, 4.69) is 20.8 Å². The summed E-state index contributed by atoms with van der Waals surface area (Å²) in [5.41, 5.74) is 5.24. The zero-order valence-electron chi connectivity index (χ0n) is 10.1. The molecule has 14 heavy (non-hydrogen) atoms. The van der Waals surface area contributed by atoms with E-state index in [1.165, 1.54) is 0 Å². The van der Waals surface area contributed by atoms with Crippen LogP contribution in [0.2, 0.25) is 0 Å². The molecule has 1 unspecified atom stereocenters. The Hall–Kier alpha value is -0.570. The van der Waals surface area contributed by atoms with Gasteiger partial charge in [0.25, 0.3) is 0 Å². The van der Waals surface area contributed by atoms with Crippen molar-refractivity contribution in [2.24, 2.45) is 17.1 Å². The molecule has 1 atom stereocenters. The summed E-state index contributed by atoms with van der Waals surface area (Å²) in [7, 11) is 0. The molecular formula is C11H24N2O. The van der Waals surface area contributed by atoms with Gasteiger partial charge in [0.1, 0.15) is 0 Å². The standard InChI is InChI=1S/C11H24N2O/c1-8(2)9(3)14-7-6-11(4,5)10(12)13/h8-9H,6-7H2,1-5H3,(H3,12,13). The normalized spacial score (nSPS) is 14.4. The number of nitrogens with two attached hydrogens (primary N) is 1. The summed E-state index contributed by atoms with van der Waals surface area (Å²) in [4.78, 5) is 0. The van der Waals surface area contributed by atoms with Crippen molar-refractivity contribution < 1.29 is 4.74 Å². The first-order valence-electron chi connectivity index (χ1n) is 5.23. The molecule has 84 valence electrons. The molecule has 0 aliphatic carbocycles. The maximum absolute atomic E-state index is 7.39. The molecule has 3 heteroatoms. The van der Waals surface area contributed by atoms with Crippen LogP contribution in [0.3, 0.4) is 0 Å². The monoisotopic (exact) mass is 200 g/mol. The predicted octanol–water partition coefficient (Wildman–Crippen LogP) is 2.40. The highest BCUT2D eigenvalue weighted by Gasteiger charge is 2.21. The number of nitrogens with one attached hydrogen (secondary N) is 1. The highest BCUT2D eigenvalue weighted by molar-refractivity contribution is 5.82. The quantitative estimate of drug-likeness (QED) is 0.511. The Bertz CT molecular complexity index is 188. The molecule has 0 aromatic heterocycles. The molecule has 3 N–H and O–H groups in total. The minimum absolute atomic E-state index is 0.235. The molecule has 0 aromatic rings. The van der Waals surface area contributed by atoms with E-state index >= 15 is 0 Å². The lowest BCUT2D eigenvalue weighted by Gasteiger charge is -2.24. The summed E-state index contributed by atoms with van der Waals surface area (Å²) in [6, 6.07) is 0. The van der Waals surface area contributed by atoms with Crippen molar-refractivity contribution in [1.82, 2.24) is 0 Å². The lowest BCUT2D eigenvalue weighted by molar-refractivity contribution is 0.0259. The molecule has 0 heterocycles. The Labute approximate surface area is 87.5 Å². The van der Waals surface area contributed by atoms with Crippen molar-refractivity contribution in [2.45, 2.75) is 47.1 Å². The molecule has 0 rings (SSSR count). The first kappa shape index (κ1) is 13.4. The molecule has 0 fully saturated rings. The summed E-state index contributed by atoms with van der Waals surface area (Å²) in [5.74, 6) is 0.772. The second kappa shape index (κ2) is 5.35. The van der Waals surface area contributed by atoms with Gasteiger partial charge in [-0.25, -0.2) is 0 Å². The second-order valence-corrected chi connectivity index (χ2v) is 4.87. The fourth-order valence-corrected chi connectivity index (χ4v) is 0.827. The third-order valence-corrected chi connectivity index (χ3v) is 2.78. The van der Waals surface area contributed by atoms with Crippen LogP contribution < -0.4 is 5.73 Å². The lowest BCUT2D eigenvalue weighted by Crippen LogP contribution is -2.32. The minimum atomic E-state index is -0.239. The van der Waals surface area contributed by atoms with E-state index in [0.29, 0.717) is 12.5 Å². The SMILES string of the molecule is CC(C)C(C)OCCC(C)(C)C(=N)N. The first-order chi connectivity index (χ1) is 6.27. The minimum Gasteiger partial charge on any atom is -0.387 e. The summed E-state index contributed by atoms with van der Waals surface area (Å²) in [6.45, 7) is 11.0. The van der Waals surface area contributed by atoms with Crippen LogP contribution in [0.5, 0.6) is 0 Å². The Kier molecular flexibility index (Phi) is 5.13. The maximum Gasteiger partial charge on any atom is 0.0963 e. The van der Waals surface area contributed by atoms with Gasteiger partial charge in [0.15, 0.2) is 0 Å². The van der Waals surface area contributed by atoms with Crippen LogP contribution in [0.4, 0.5) is 0 Å². The molecule has 0 bridgehead atoms. The molecule has 0 amide bonds. The third kappa shape index (κ3) is 4.61. The highest BCUT2D eigenvalue weighted by Crippen LogP contribution is 2.20. The van der Waals surface area contributed by atoms with Gasteiger partial charge in [0.2, 0.25) is 0 Å². The van der Waals surface area contributed by atoms with Crippen LogP contribution >= 0.6 is 0 Å². The molecule has 0 saturated carbocycles. The fraction of sp³-hybridized carbons (Fsp3) is 0.909. The van der Waals surface area contributed by atoms with Crippen molar-refractivity contribution in [3.63, 3.8) is 0 Å². The van der Waals surface area contributed by atoms with E-state index in [9.17, 15) is 0 Å². The van der Waals surface area contributed by atoms with Gasteiger partial charge < -0.3 is 10.5 Å². The summed E-state index contributed by atoms with van der Waals surface area (Å²) < 4.78 is 5.64. The predicted molar refractivity (Wildman–Crippen MR) is 60.6 cm³/mol. The average molecular weight is 200 g/mol. The fourth-order valence-electron chi connectivity index (χ4n) is 0.827. The van der Waals surface area contributed by atoms with Crippen LogP contribution in [0.25, 0.3) is 0 Å². The zero-order valence-corrected chi connectivity index (χ0v) is 10.1.